The molecule has 2 aromatic carbocycles. The Bertz CT molecular complexity index is 1040. The number of anilines is 1. The zero-order valence-electron chi connectivity index (χ0n) is 15.6. The number of nitrogens with zero attached hydrogens (tertiary/aromatic N) is 5. The van der Waals surface area contributed by atoms with Crippen molar-refractivity contribution in [2.45, 2.75) is 6.67 Å². The summed E-state index contributed by atoms with van der Waals surface area (Å²) in [5.41, 5.74) is 1.53. The molecule has 1 saturated heterocycles. The summed E-state index contributed by atoms with van der Waals surface area (Å²) in [4.78, 5) is 4.59. The predicted octanol–water partition coefficient (Wildman–Crippen LogP) is 4.19. The van der Waals surface area contributed by atoms with Gasteiger partial charge in [-0.2, -0.15) is 5.10 Å². The third-order valence-corrected chi connectivity index (χ3v) is 5.86. The van der Waals surface area contributed by atoms with E-state index in [1.807, 2.05) is 31.3 Å². The van der Waals surface area contributed by atoms with Gasteiger partial charge in [-0.3, -0.25) is 4.90 Å². The van der Waals surface area contributed by atoms with Crippen LogP contribution in [0.4, 0.5) is 10.1 Å². The van der Waals surface area contributed by atoms with E-state index in [1.165, 1.54) is 6.07 Å². The van der Waals surface area contributed by atoms with Crippen molar-refractivity contribution in [1.82, 2.24) is 19.2 Å². The van der Waals surface area contributed by atoms with Crippen LogP contribution in [0.2, 0.25) is 5.02 Å². The fourth-order valence-electron chi connectivity index (χ4n) is 3.48. The lowest BCUT2D eigenvalue weighted by Crippen LogP contribution is -2.47. The number of hydrogen-bond donors (Lipinski definition) is 0. The molecule has 8 heteroatoms. The molecule has 0 aliphatic carbocycles. The molecule has 1 aliphatic heterocycles. The molecule has 1 aromatic heterocycles. The van der Waals surface area contributed by atoms with Gasteiger partial charge in [-0.15, -0.1) is 0 Å². The maximum absolute atomic E-state index is 14.2. The Labute approximate surface area is 173 Å². The van der Waals surface area contributed by atoms with Gasteiger partial charge < -0.3 is 9.47 Å². The van der Waals surface area contributed by atoms with Gasteiger partial charge in [0.25, 0.3) is 0 Å². The van der Waals surface area contributed by atoms with Gasteiger partial charge in [0.2, 0.25) is 0 Å². The summed E-state index contributed by atoms with van der Waals surface area (Å²) in [5.74, 6) is 0.240. The van der Waals surface area contributed by atoms with Crippen LogP contribution >= 0.6 is 23.8 Å². The van der Waals surface area contributed by atoms with Gasteiger partial charge >= 0.3 is 0 Å². The highest BCUT2D eigenvalue weighted by atomic mass is 35.5. The maximum Gasteiger partial charge on any atom is 0.199 e. The van der Waals surface area contributed by atoms with E-state index in [0.29, 0.717) is 22.8 Å². The Morgan fingerprint density at radius 2 is 1.71 bits per heavy atom. The van der Waals surface area contributed by atoms with Crippen LogP contribution in [0, 0.1) is 10.6 Å². The van der Waals surface area contributed by atoms with Crippen LogP contribution in [0.25, 0.3) is 11.4 Å². The number of benzene rings is 2. The van der Waals surface area contributed by atoms with E-state index in [0.717, 1.165) is 36.9 Å². The van der Waals surface area contributed by atoms with Crippen molar-refractivity contribution in [3.05, 3.63) is 64.1 Å². The van der Waals surface area contributed by atoms with Crippen molar-refractivity contribution in [1.29, 1.82) is 0 Å². The highest BCUT2D eigenvalue weighted by molar-refractivity contribution is 7.71. The molecule has 2 heterocycles. The quantitative estimate of drug-likeness (QED) is 0.595. The van der Waals surface area contributed by atoms with E-state index in [-0.39, 0.29) is 5.82 Å². The van der Waals surface area contributed by atoms with Crippen molar-refractivity contribution < 1.29 is 4.39 Å². The zero-order chi connectivity index (χ0) is 19.7. The first kappa shape index (κ1) is 19.1. The summed E-state index contributed by atoms with van der Waals surface area (Å²) in [7, 11) is 1.82. The maximum atomic E-state index is 14.2. The molecule has 0 saturated carbocycles. The van der Waals surface area contributed by atoms with Crippen LogP contribution in [-0.2, 0) is 13.7 Å². The molecule has 0 bridgehead atoms. The van der Waals surface area contributed by atoms with Crippen molar-refractivity contribution >= 4 is 29.5 Å². The first-order valence-corrected chi connectivity index (χ1v) is 9.94. The molecule has 0 N–H and O–H groups in total. The lowest BCUT2D eigenvalue weighted by Gasteiger charge is -2.36. The van der Waals surface area contributed by atoms with Crippen LogP contribution in [-0.4, -0.2) is 45.4 Å². The average molecular weight is 418 g/mol. The SMILES string of the molecule is Cn1c(-c2ccccc2F)nn(CN2CCN(c3ccccc3Cl)CC2)c1=S. The molecule has 0 radical (unpaired) electrons. The van der Waals surface area contributed by atoms with Gasteiger partial charge in [0, 0.05) is 33.2 Å². The van der Waals surface area contributed by atoms with Crippen molar-refractivity contribution in [3.8, 4) is 11.4 Å². The zero-order valence-corrected chi connectivity index (χ0v) is 17.1. The Kier molecular flexibility index (Phi) is 5.48. The number of aromatic nitrogens is 3. The van der Waals surface area contributed by atoms with Gasteiger partial charge in [-0.25, -0.2) is 9.07 Å². The van der Waals surface area contributed by atoms with E-state index in [1.54, 1.807) is 27.4 Å². The molecule has 1 fully saturated rings. The average Bonchev–Trinajstić information content (AvgIpc) is 2.98. The molecular weight excluding hydrogens is 397 g/mol. The minimum atomic E-state index is -0.300. The highest BCUT2D eigenvalue weighted by Crippen LogP contribution is 2.26. The van der Waals surface area contributed by atoms with Gasteiger partial charge in [0.15, 0.2) is 10.6 Å². The second-order valence-corrected chi connectivity index (χ2v) is 7.61. The van der Waals surface area contributed by atoms with E-state index in [9.17, 15) is 4.39 Å². The minimum absolute atomic E-state index is 0.300. The molecule has 0 atom stereocenters. The summed E-state index contributed by atoms with van der Waals surface area (Å²) < 4.78 is 18.3. The minimum Gasteiger partial charge on any atom is -0.368 e. The number of hydrogen-bond acceptors (Lipinski definition) is 4. The summed E-state index contributed by atoms with van der Waals surface area (Å²) in [6.07, 6.45) is 0. The van der Waals surface area contributed by atoms with Crippen LogP contribution in [0.1, 0.15) is 0 Å². The molecule has 4 rings (SSSR count). The molecule has 1 aliphatic rings. The Morgan fingerprint density at radius 1 is 1.04 bits per heavy atom. The topological polar surface area (TPSA) is 29.2 Å². The van der Waals surface area contributed by atoms with E-state index < -0.39 is 0 Å². The van der Waals surface area contributed by atoms with E-state index >= 15 is 0 Å². The Morgan fingerprint density at radius 3 is 2.43 bits per heavy atom. The fraction of sp³-hybridized carbons (Fsp3) is 0.300. The molecule has 5 nitrogen and oxygen atoms in total. The standard InChI is InChI=1S/C20H21ClFN5S/c1-24-19(15-6-2-4-8-17(15)22)23-27(20(24)28)14-25-10-12-26(13-11-25)18-9-5-3-7-16(18)21/h2-9H,10-14H2,1H3. The third kappa shape index (κ3) is 3.70. The lowest BCUT2D eigenvalue weighted by atomic mass is 10.2. The highest BCUT2D eigenvalue weighted by Gasteiger charge is 2.20. The molecule has 146 valence electrons. The number of halogens is 2. The van der Waals surface area contributed by atoms with Crippen molar-refractivity contribution in [2.75, 3.05) is 31.1 Å². The monoisotopic (exact) mass is 417 g/mol. The molecule has 28 heavy (non-hydrogen) atoms. The smallest absolute Gasteiger partial charge is 0.199 e. The fourth-order valence-corrected chi connectivity index (χ4v) is 3.93. The van der Waals surface area contributed by atoms with Gasteiger partial charge in [0.05, 0.1) is 22.9 Å². The van der Waals surface area contributed by atoms with Crippen LogP contribution in [0.5, 0.6) is 0 Å². The lowest BCUT2D eigenvalue weighted by molar-refractivity contribution is 0.194. The second kappa shape index (κ2) is 8.03. The number of rotatable bonds is 4. The molecule has 0 amide bonds. The summed E-state index contributed by atoms with van der Waals surface area (Å²) >= 11 is 11.8. The van der Waals surface area contributed by atoms with Gasteiger partial charge in [-0.1, -0.05) is 35.9 Å². The van der Waals surface area contributed by atoms with E-state index in [4.69, 9.17) is 23.8 Å². The number of para-hydroxylation sites is 1. The molecule has 0 spiro atoms. The Hall–Kier alpha value is -2.22. The van der Waals surface area contributed by atoms with Gasteiger partial charge in [0.1, 0.15) is 5.82 Å². The van der Waals surface area contributed by atoms with E-state index in [2.05, 4.69) is 14.9 Å². The molecule has 0 unspecified atom stereocenters. The first-order valence-electron chi connectivity index (χ1n) is 9.15. The van der Waals surface area contributed by atoms with Crippen molar-refractivity contribution in [2.24, 2.45) is 7.05 Å². The third-order valence-electron chi connectivity index (χ3n) is 5.06. The van der Waals surface area contributed by atoms with Crippen LogP contribution < -0.4 is 4.90 Å². The van der Waals surface area contributed by atoms with Gasteiger partial charge in [-0.05, 0) is 36.5 Å². The summed E-state index contributed by atoms with van der Waals surface area (Å²) in [5, 5.41) is 5.36. The van der Waals surface area contributed by atoms with Crippen LogP contribution in [0.3, 0.4) is 0 Å². The number of piperazine rings is 1. The largest absolute Gasteiger partial charge is 0.368 e. The first-order chi connectivity index (χ1) is 13.5. The summed E-state index contributed by atoms with van der Waals surface area (Å²) in [6, 6.07) is 14.5. The Balaban J connectivity index is 1.48. The van der Waals surface area contributed by atoms with Crippen molar-refractivity contribution in [3.63, 3.8) is 0 Å². The summed E-state index contributed by atoms with van der Waals surface area (Å²) in [6.45, 7) is 4.09. The molecule has 3 aromatic rings. The molecular formula is C20H21ClFN5S. The predicted molar refractivity (Wildman–Crippen MR) is 113 cm³/mol. The van der Waals surface area contributed by atoms with Crippen LogP contribution in [0.15, 0.2) is 48.5 Å². The normalized spacial score (nSPS) is 15.2. The second-order valence-electron chi connectivity index (χ2n) is 6.84.